The first kappa shape index (κ1) is 29.7. The second-order valence-electron chi connectivity index (χ2n) is 10.9. The summed E-state index contributed by atoms with van der Waals surface area (Å²) in [7, 11) is 1.31. The summed E-state index contributed by atoms with van der Waals surface area (Å²) in [6.07, 6.45) is 0.911. The van der Waals surface area contributed by atoms with Crippen LogP contribution in [0.5, 0.6) is 29.2 Å². The van der Waals surface area contributed by atoms with Crippen LogP contribution in [0.4, 0.5) is 11.6 Å². The molecule has 13 heteroatoms. The SMILES string of the molecule is COc1nc(NCCCN2CCOCC2)nc(OC)c1NC(=O)c1ccc(Oc2cc3c(cc2C)OCC[Si]3(C)C)o1. The Hall–Kier alpha value is -3.81. The van der Waals surface area contributed by atoms with Gasteiger partial charge in [-0.2, -0.15) is 9.97 Å². The van der Waals surface area contributed by atoms with Crippen LogP contribution in [0.25, 0.3) is 0 Å². The number of nitrogens with one attached hydrogen (secondary N) is 2. The number of rotatable bonds is 11. The highest BCUT2D eigenvalue weighted by atomic mass is 28.3. The number of morpholine rings is 1. The van der Waals surface area contributed by atoms with Crippen molar-refractivity contribution in [2.45, 2.75) is 32.5 Å². The third-order valence-electron chi connectivity index (χ3n) is 7.51. The minimum atomic E-state index is -1.62. The maximum atomic E-state index is 13.1. The van der Waals surface area contributed by atoms with Crippen molar-refractivity contribution < 1.29 is 32.9 Å². The fourth-order valence-electron chi connectivity index (χ4n) is 4.98. The number of aryl methyl sites for hydroxylation is 1. The third-order valence-corrected chi connectivity index (χ3v) is 10.8. The zero-order valence-electron chi connectivity index (χ0n) is 24.9. The molecule has 3 aromatic rings. The molecule has 0 bridgehead atoms. The summed E-state index contributed by atoms with van der Waals surface area (Å²) in [4.78, 5) is 24.3. The van der Waals surface area contributed by atoms with Crippen LogP contribution < -0.4 is 34.8 Å². The van der Waals surface area contributed by atoms with Crippen molar-refractivity contribution in [1.29, 1.82) is 0 Å². The predicted octanol–water partition coefficient (Wildman–Crippen LogP) is 3.88. The quantitative estimate of drug-likeness (QED) is 0.247. The molecule has 4 heterocycles. The number of ether oxygens (including phenoxy) is 5. The standard InChI is InChI=1S/C29H39N5O7Si/c1-19-17-22-23(42(4,5)16-15-39-22)18-21(19)41-24-8-7-20(40-24)26(35)31-25-27(36-2)32-29(33-28(25)37-3)30-9-6-10-34-11-13-38-14-12-34/h7-8,17-18H,6,9-16H2,1-5H3,(H,31,35)(H,30,32,33). The number of anilines is 2. The van der Waals surface area contributed by atoms with Crippen LogP contribution in [0.1, 0.15) is 22.5 Å². The van der Waals surface area contributed by atoms with Crippen LogP contribution in [-0.4, -0.2) is 89.1 Å². The van der Waals surface area contributed by atoms with Gasteiger partial charge in [-0.15, -0.1) is 0 Å². The van der Waals surface area contributed by atoms with Crippen molar-refractivity contribution >= 4 is 30.8 Å². The number of furan rings is 1. The van der Waals surface area contributed by atoms with Gasteiger partial charge in [0.15, 0.2) is 11.4 Å². The topological polar surface area (TPSA) is 129 Å². The molecule has 2 aliphatic heterocycles. The highest BCUT2D eigenvalue weighted by Crippen LogP contribution is 2.35. The molecule has 0 spiro atoms. The summed E-state index contributed by atoms with van der Waals surface area (Å²) in [6, 6.07) is 8.27. The normalized spacial score (nSPS) is 16.2. The molecule has 0 atom stereocenters. The summed E-state index contributed by atoms with van der Waals surface area (Å²) in [5.74, 6) is 1.99. The van der Waals surface area contributed by atoms with E-state index in [1.54, 1.807) is 12.1 Å². The van der Waals surface area contributed by atoms with Crippen LogP contribution in [0, 0.1) is 6.92 Å². The Kier molecular flexibility index (Phi) is 9.19. The molecule has 0 radical (unpaired) electrons. The molecule has 0 unspecified atom stereocenters. The summed E-state index contributed by atoms with van der Waals surface area (Å²) in [5.41, 5.74) is 1.12. The van der Waals surface area contributed by atoms with E-state index < -0.39 is 14.0 Å². The Balaban J connectivity index is 1.24. The minimum Gasteiger partial charge on any atom is -0.494 e. The van der Waals surface area contributed by atoms with Gasteiger partial charge in [0.2, 0.25) is 17.7 Å². The number of nitrogens with zero attached hydrogens (tertiary/aromatic N) is 3. The summed E-state index contributed by atoms with van der Waals surface area (Å²) >= 11 is 0. The lowest BCUT2D eigenvalue weighted by Crippen LogP contribution is -2.46. The van der Waals surface area contributed by atoms with Crippen molar-refractivity contribution in [1.82, 2.24) is 14.9 Å². The van der Waals surface area contributed by atoms with Crippen molar-refractivity contribution in [3.8, 4) is 29.2 Å². The van der Waals surface area contributed by atoms with E-state index in [1.807, 2.05) is 19.1 Å². The van der Waals surface area contributed by atoms with Gasteiger partial charge in [-0.1, -0.05) is 13.1 Å². The van der Waals surface area contributed by atoms with Crippen LogP contribution in [0.15, 0.2) is 28.7 Å². The van der Waals surface area contributed by atoms with Crippen molar-refractivity contribution in [2.75, 3.05) is 70.9 Å². The highest BCUT2D eigenvalue weighted by Gasteiger charge is 2.32. The molecule has 0 aliphatic carbocycles. The summed E-state index contributed by atoms with van der Waals surface area (Å²) in [6.45, 7) is 12.4. The second-order valence-corrected chi connectivity index (χ2v) is 15.8. The molecular formula is C29H39N5O7Si. The number of methoxy groups -OCH3 is 2. The molecule has 1 saturated heterocycles. The lowest BCUT2D eigenvalue weighted by Gasteiger charge is -2.31. The van der Waals surface area contributed by atoms with Gasteiger partial charge in [-0.25, -0.2) is 0 Å². The Labute approximate surface area is 246 Å². The van der Waals surface area contributed by atoms with Gasteiger partial charge in [0.25, 0.3) is 11.9 Å². The van der Waals surface area contributed by atoms with Crippen LogP contribution in [0.3, 0.4) is 0 Å². The number of carbonyl (C=O) groups excluding carboxylic acids is 1. The first-order valence-corrected chi connectivity index (χ1v) is 17.4. The van der Waals surface area contributed by atoms with Crippen molar-refractivity contribution in [3.05, 3.63) is 35.6 Å². The van der Waals surface area contributed by atoms with Crippen LogP contribution in [0.2, 0.25) is 19.1 Å². The summed E-state index contributed by atoms with van der Waals surface area (Å²) < 4.78 is 34.0. The number of aromatic nitrogens is 2. The van der Waals surface area contributed by atoms with E-state index in [1.165, 1.54) is 19.4 Å². The van der Waals surface area contributed by atoms with Gasteiger partial charge in [0.05, 0.1) is 42.1 Å². The average molecular weight is 598 g/mol. The average Bonchev–Trinajstić information content (AvgIpc) is 3.45. The molecule has 2 aromatic heterocycles. The lowest BCUT2D eigenvalue weighted by atomic mass is 10.2. The number of amides is 1. The minimum absolute atomic E-state index is 0.0491. The Morgan fingerprint density at radius 2 is 1.81 bits per heavy atom. The van der Waals surface area contributed by atoms with Gasteiger partial charge in [0.1, 0.15) is 11.5 Å². The first-order valence-electron chi connectivity index (χ1n) is 14.2. The van der Waals surface area contributed by atoms with E-state index in [-0.39, 0.29) is 29.2 Å². The van der Waals surface area contributed by atoms with Crippen LogP contribution >= 0.6 is 0 Å². The monoisotopic (exact) mass is 597 g/mol. The highest BCUT2D eigenvalue weighted by molar-refractivity contribution is 6.90. The Morgan fingerprint density at radius 1 is 1.07 bits per heavy atom. The van der Waals surface area contributed by atoms with E-state index in [9.17, 15) is 4.79 Å². The van der Waals surface area contributed by atoms with Crippen molar-refractivity contribution in [2.24, 2.45) is 0 Å². The van der Waals surface area contributed by atoms with Gasteiger partial charge in [0, 0.05) is 25.7 Å². The number of hydrogen-bond acceptors (Lipinski definition) is 11. The number of fused-ring (bicyclic) bond motifs is 1. The molecule has 0 saturated carbocycles. The zero-order valence-corrected chi connectivity index (χ0v) is 25.9. The maximum Gasteiger partial charge on any atom is 0.291 e. The molecule has 1 aromatic carbocycles. The summed E-state index contributed by atoms with van der Waals surface area (Å²) in [5, 5.41) is 7.18. The van der Waals surface area contributed by atoms with Gasteiger partial charge in [-0.3, -0.25) is 9.69 Å². The Bertz CT molecular complexity index is 1380. The van der Waals surface area contributed by atoms with E-state index in [0.29, 0.717) is 18.2 Å². The van der Waals surface area contributed by atoms with Gasteiger partial charge < -0.3 is 38.7 Å². The van der Waals surface area contributed by atoms with E-state index in [2.05, 4.69) is 38.6 Å². The fourth-order valence-corrected chi connectivity index (χ4v) is 7.20. The molecular weight excluding hydrogens is 558 g/mol. The number of hydrogen-bond donors (Lipinski definition) is 2. The molecule has 42 heavy (non-hydrogen) atoms. The zero-order chi connectivity index (χ0) is 29.7. The van der Waals surface area contributed by atoms with Gasteiger partial charge in [-0.05, 0) is 54.9 Å². The van der Waals surface area contributed by atoms with E-state index in [4.69, 9.17) is 28.1 Å². The van der Waals surface area contributed by atoms with Gasteiger partial charge >= 0.3 is 0 Å². The second kappa shape index (κ2) is 13.0. The van der Waals surface area contributed by atoms with Crippen molar-refractivity contribution in [3.63, 3.8) is 0 Å². The maximum absolute atomic E-state index is 13.1. The molecule has 2 N–H and O–H groups in total. The largest absolute Gasteiger partial charge is 0.494 e. The number of benzene rings is 1. The van der Waals surface area contributed by atoms with Crippen LogP contribution in [-0.2, 0) is 4.74 Å². The smallest absolute Gasteiger partial charge is 0.291 e. The third kappa shape index (κ3) is 6.80. The predicted molar refractivity (Wildman–Crippen MR) is 161 cm³/mol. The molecule has 5 rings (SSSR count). The van der Waals surface area contributed by atoms with E-state index in [0.717, 1.165) is 63.2 Å². The van der Waals surface area contributed by atoms with E-state index >= 15 is 0 Å². The first-order chi connectivity index (χ1) is 20.3. The molecule has 1 fully saturated rings. The molecule has 12 nitrogen and oxygen atoms in total. The molecule has 226 valence electrons. The molecule has 2 aliphatic rings. The lowest BCUT2D eigenvalue weighted by molar-refractivity contribution is 0.0378. The fraction of sp³-hybridized carbons (Fsp3) is 0.483. The molecule has 1 amide bonds. The Morgan fingerprint density at radius 3 is 2.52 bits per heavy atom. The number of carbonyl (C=O) groups is 1.